The molecule has 0 bridgehead atoms. The predicted octanol–water partition coefficient (Wildman–Crippen LogP) is -0.522. The lowest BCUT2D eigenvalue weighted by atomic mass is 9.96. The monoisotopic (exact) mass is 533 g/mol. The number of aromatic nitrogens is 1. The fraction of sp³-hybridized carbons (Fsp3) is 0.480. The second-order valence-electron chi connectivity index (χ2n) is 9.26. The number of nitrogens with one attached hydrogen (secondary N) is 4. The van der Waals surface area contributed by atoms with Crippen LogP contribution in [0.15, 0.2) is 30.5 Å². The molecule has 9 N–H and O–H groups in total. The molecule has 1 heterocycles. The third kappa shape index (κ3) is 8.02. The molecule has 0 aliphatic carbocycles. The van der Waals surface area contributed by atoms with Crippen LogP contribution in [0.1, 0.15) is 39.2 Å². The standard InChI is InChI=1S/C25H35N5O8/c1-4-12(2)21(24(36)29-18(25(37)38)10-19(32)33)30-22(34)17(28-23(35)20(26)13(3)31)9-14-11-27-16-8-6-5-7-15(14)16/h5-8,11-13,17-18,20-21,27,31H,4,9-10,26H2,1-3H3,(H,28,35)(H,29,36)(H,30,34)(H,32,33)(H,37,38). The Morgan fingerprint density at radius 3 is 2.16 bits per heavy atom. The average Bonchev–Trinajstić information content (AvgIpc) is 3.27. The maximum Gasteiger partial charge on any atom is 0.326 e. The Hall–Kier alpha value is -3.97. The summed E-state index contributed by atoms with van der Waals surface area (Å²) in [7, 11) is 0. The quantitative estimate of drug-likeness (QED) is 0.156. The Balaban J connectivity index is 2.33. The fourth-order valence-corrected chi connectivity index (χ4v) is 3.81. The summed E-state index contributed by atoms with van der Waals surface area (Å²) in [4.78, 5) is 64.6. The SMILES string of the molecule is CCC(C)C(NC(=O)C(Cc1c[nH]c2ccccc12)NC(=O)C(N)C(C)O)C(=O)NC(CC(=O)O)C(=O)O. The minimum absolute atomic E-state index is 0.0136. The fourth-order valence-electron chi connectivity index (χ4n) is 3.81. The van der Waals surface area contributed by atoms with Gasteiger partial charge in [-0.05, 0) is 24.5 Å². The Morgan fingerprint density at radius 2 is 1.58 bits per heavy atom. The van der Waals surface area contributed by atoms with E-state index in [1.807, 2.05) is 24.3 Å². The van der Waals surface area contributed by atoms with E-state index in [4.69, 9.17) is 10.8 Å². The number of aliphatic carboxylic acids is 2. The third-order valence-electron chi connectivity index (χ3n) is 6.34. The van der Waals surface area contributed by atoms with E-state index in [1.54, 1.807) is 20.0 Å². The summed E-state index contributed by atoms with van der Waals surface area (Å²) < 4.78 is 0. The molecular weight excluding hydrogens is 498 g/mol. The minimum Gasteiger partial charge on any atom is -0.481 e. The number of hydrogen-bond donors (Lipinski definition) is 8. The summed E-state index contributed by atoms with van der Waals surface area (Å²) in [5, 5.41) is 36.1. The van der Waals surface area contributed by atoms with Gasteiger partial charge in [0.25, 0.3) is 0 Å². The molecule has 6 unspecified atom stereocenters. The molecule has 0 saturated heterocycles. The van der Waals surface area contributed by atoms with Gasteiger partial charge in [-0.25, -0.2) is 4.79 Å². The molecule has 6 atom stereocenters. The van der Waals surface area contributed by atoms with Gasteiger partial charge in [0.1, 0.15) is 24.2 Å². The van der Waals surface area contributed by atoms with E-state index in [9.17, 15) is 34.2 Å². The van der Waals surface area contributed by atoms with Crippen molar-refractivity contribution in [1.82, 2.24) is 20.9 Å². The van der Waals surface area contributed by atoms with Crippen molar-refractivity contribution in [3.8, 4) is 0 Å². The zero-order valence-corrected chi connectivity index (χ0v) is 21.4. The van der Waals surface area contributed by atoms with Crippen molar-refractivity contribution in [1.29, 1.82) is 0 Å². The molecule has 1 aromatic carbocycles. The summed E-state index contributed by atoms with van der Waals surface area (Å²) in [5.41, 5.74) is 7.25. The van der Waals surface area contributed by atoms with Gasteiger partial charge >= 0.3 is 11.9 Å². The molecule has 13 nitrogen and oxygen atoms in total. The first-order valence-corrected chi connectivity index (χ1v) is 12.2. The smallest absolute Gasteiger partial charge is 0.326 e. The van der Waals surface area contributed by atoms with Crippen molar-refractivity contribution in [2.75, 3.05) is 0 Å². The molecule has 0 fully saturated rings. The number of nitrogens with two attached hydrogens (primary N) is 1. The zero-order chi connectivity index (χ0) is 28.6. The van der Waals surface area contributed by atoms with Gasteiger partial charge in [-0.3, -0.25) is 19.2 Å². The van der Waals surface area contributed by atoms with Gasteiger partial charge in [-0.2, -0.15) is 0 Å². The molecule has 0 aliphatic heterocycles. The van der Waals surface area contributed by atoms with Crippen molar-refractivity contribution in [3.05, 3.63) is 36.0 Å². The van der Waals surface area contributed by atoms with Crippen LogP contribution in [0.25, 0.3) is 10.9 Å². The maximum absolute atomic E-state index is 13.4. The number of aliphatic hydroxyl groups is 1. The molecule has 3 amide bonds. The van der Waals surface area contributed by atoms with Gasteiger partial charge in [-0.1, -0.05) is 38.5 Å². The first-order valence-electron chi connectivity index (χ1n) is 12.2. The van der Waals surface area contributed by atoms with Crippen LogP contribution in [-0.4, -0.2) is 80.2 Å². The Bertz CT molecular complexity index is 1160. The molecule has 38 heavy (non-hydrogen) atoms. The summed E-state index contributed by atoms with van der Waals surface area (Å²) in [5.74, 6) is -5.82. The van der Waals surface area contributed by atoms with Crippen LogP contribution >= 0.6 is 0 Å². The first kappa shape index (κ1) is 30.3. The minimum atomic E-state index is -1.70. The lowest BCUT2D eigenvalue weighted by Crippen LogP contribution is -2.60. The number of aromatic amines is 1. The number of carboxylic acid groups (broad SMARTS) is 2. The van der Waals surface area contributed by atoms with Crippen molar-refractivity contribution in [2.24, 2.45) is 11.7 Å². The van der Waals surface area contributed by atoms with E-state index in [0.717, 1.165) is 10.9 Å². The van der Waals surface area contributed by atoms with Crippen LogP contribution in [0.2, 0.25) is 0 Å². The first-order chi connectivity index (χ1) is 17.8. The molecule has 13 heteroatoms. The molecule has 0 radical (unpaired) electrons. The number of carboxylic acids is 2. The van der Waals surface area contributed by atoms with Crippen LogP contribution < -0.4 is 21.7 Å². The van der Waals surface area contributed by atoms with Crippen molar-refractivity contribution >= 4 is 40.6 Å². The molecule has 2 aromatic rings. The highest BCUT2D eigenvalue weighted by Gasteiger charge is 2.34. The van der Waals surface area contributed by atoms with Crippen molar-refractivity contribution in [3.63, 3.8) is 0 Å². The maximum atomic E-state index is 13.4. The normalized spacial score (nSPS) is 15.9. The number of rotatable bonds is 14. The highest BCUT2D eigenvalue weighted by molar-refractivity contribution is 5.95. The van der Waals surface area contributed by atoms with Crippen LogP contribution in [0.4, 0.5) is 0 Å². The molecule has 0 saturated carbocycles. The predicted molar refractivity (Wildman–Crippen MR) is 137 cm³/mol. The van der Waals surface area contributed by atoms with Crippen molar-refractivity contribution < 1.29 is 39.3 Å². The Morgan fingerprint density at radius 1 is 0.947 bits per heavy atom. The van der Waals surface area contributed by atoms with Gasteiger partial charge in [0.05, 0.1) is 12.5 Å². The highest BCUT2D eigenvalue weighted by atomic mass is 16.4. The van der Waals surface area contributed by atoms with E-state index in [0.29, 0.717) is 12.0 Å². The van der Waals surface area contributed by atoms with Gasteiger partial charge in [0, 0.05) is 23.5 Å². The number of aliphatic hydroxyl groups excluding tert-OH is 1. The molecule has 0 spiro atoms. The van der Waals surface area contributed by atoms with Crippen LogP contribution in [-0.2, 0) is 30.4 Å². The van der Waals surface area contributed by atoms with Gasteiger partial charge in [0.15, 0.2) is 0 Å². The lowest BCUT2D eigenvalue weighted by molar-refractivity contribution is -0.147. The third-order valence-corrected chi connectivity index (χ3v) is 6.34. The van der Waals surface area contributed by atoms with Crippen LogP contribution in [0.5, 0.6) is 0 Å². The number of H-pyrrole nitrogens is 1. The lowest BCUT2D eigenvalue weighted by Gasteiger charge is -2.28. The van der Waals surface area contributed by atoms with E-state index in [2.05, 4.69) is 20.9 Å². The molecular formula is C25H35N5O8. The summed E-state index contributed by atoms with van der Waals surface area (Å²) in [6.07, 6.45) is 0.0842. The average molecular weight is 534 g/mol. The topological polar surface area (TPSA) is 224 Å². The molecule has 0 aliphatic rings. The largest absolute Gasteiger partial charge is 0.481 e. The summed E-state index contributed by atoms with van der Waals surface area (Å²) in [6, 6.07) is 1.88. The molecule has 2 rings (SSSR count). The highest BCUT2D eigenvalue weighted by Crippen LogP contribution is 2.19. The Kier molecular flexibility index (Phi) is 10.8. The van der Waals surface area contributed by atoms with E-state index < -0.39 is 72.3 Å². The number of fused-ring (bicyclic) bond motifs is 1. The summed E-state index contributed by atoms with van der Waals surface area (Å²) in [6.45, 7) is 4.75. The van der Waals surface area contributed by atoms with E-state index in [-0.39, 0.29) is 6.42 Å². The van der Waals surface area contributed by atoms with E-state index in [1.165, 1.54) is 6.92 Å². The van der Waals surface area contributed by atoms with Gasteiger partial charge in [-0.15, -0.1) is 0 Å². The van der Waals surface area contributed by atoms with Crippen LogP contribution in [0, 0.1) is 5.92 Å². The van der Waals surface area contributed by atoms with Gasteiger partial charge in [0.2, 0.25) is 17.7 Å². The number of hydrogen-bond acceptors (Lipinski definition) is 7. The van der Waals surface area contributed by atoms with E-state index >= 15 is 0 Å². The van der Waals surface area contributed by atoms with Crippen molar-refractivity contribution in [2.45, 2.75) is 70.3 Å². The molecule has 208 valence electrons. The summed E-state index contributed by atoms with van der Waals surface area (Å²) >= 11 is 0. The number of para-hydroxylation sites is 1. The number of carbonyl (C=O) groups is 5. The second kappa shape index (κ2) is 13.5. The number of amides is 3. The Labute approximate surface area is 219 Å². The number of carbonyl (C=O) groups excluding carboxylic acids is 3. The zero-order valence-electron chi connectivity index (χ0n) is 21.4. The van der Waals surface area contributed by atoms with Gasteiger partial charge < -0.3 is 42.0 Å². The number of benzene rings is 1. The molecule has 1 aromatic heterocycles. The second-order valence-corrected chi connectivity index (χ2v) is 9.26. The van der Waals surface area contributed by atoms with Crippen LogP contribution in [0.3, 0.4) is 0 Å².